The van der Waals surface area contributed by atoms with E-state index < -0.39 is 5.91 Å². The van der Waals surface area contributed by atoms with Gasteiger partial charge < -0.3 is 5.73 Å². The molecule has 0 radical (unpaired) electrons. The van der Waals surface area contributed by atoms with Gasteiger partial charge in [0.15, 0.2) is 0 Å². The molecule has 4 heteroatoms. The molecule has 1 amide bonds. The first-order valence-corrected chi connectivity index (χ1v) is 3.57. The Kier molecular flexibility index (Phi) is 1.40. The Hall–Kier alpha value is -1.71. The molecule has 2 N–H and O–H groups in total. The molecule has 12 heavy (non-hydrogen) atoms. The van der Waals surface area contributed by atoms with Crippen LogP contribution in [0.1, 0.15) is 6.42 Å². The van der Waals surface area contributed by atoms with Crippen LogP contribution in [0.4, 0.5) is 0 Å². The minimum atomic E-state index is -0.460. The maximum absolute atomic E-state index is 10.7. The van der Waals surface area contributed by atoms with Crippen LogP contribution in [-0.2, 0) is 4.79 Å². The van der Waals surface area contributed by atoms with Gasteiger partial charge in [0, 0.05) is 12.6 Å². The normalized spacial score (nSPS) is 19.5. The van der Waals surface area contributed by atoms with Gasteiger partial charge in [0.05, 0.1) is 11.9 Å². The summed E-state index contributed by atoms with van der Waals surface area (Å²) in [6.07, 6.45) is 5.63. The number of amides is 1. The van der Waals surface area contributed by atoms with Crippen molar-refractivity contribution < 1.29 is 4.79 Å². The summed E-state index contributed by atoms with van der Waals surface area (Å²) in [4.78, 5) is 18.7. The van der Waals surface area contributed by atoms with Crippen molar-refractivity contribution in [2.75, 3.05) is 0 Å². The minimum absolute atomic E-state index is 0.399. The topological polar surface area (TPSA) is 67.8 Å². The highest BCUT2D eigenvalue weighted by molar-refractivity contribution is 6.39. The van der Waals surface area contributed by atoms with Crippen molar-refractivity contribution in [1.29, 1.82) is 0 Å². The monoisotopic (exact) mass is 161 g/mol. The zero-order chi connectivity index (χ0) is 8.55. The molecule has 0 aromatic heterocycles. The van der Waals surface area contributed by atoms with E-state index in [0.717, 1.165) is 11.3 Å². The molecule has 0 aromatic rings. The van der Waals surface area contributed by atoms with E-state index in [-0.39, 0.29) is 0 Å². The lowest BCUT2D eigenvalue weighted by atomic mass is 10.0. The van der Waals surface area contributed by atoms with Crippen molar-refractivity contribution in [1.82, 2.24) is 0 Å². The maximum Gasteiger partial charge on any atom is 0.263 e. The van der Waals surface area contributed by atoms with Crippen LogP contribution in [0.5, 0.6) is 0 Å². The van der Waals surface area contributed by atoms with Crippen LogP contribution >= 0.6 is 0 Å². The van der Waals surface area contributed by atoms with Crippen LogP contribution in [0.15, 0.2) is 33.5 Å². The van der Waals surface area contributed by atoms with Crippen LogP contribution in [0.2, 0.25) is 0 Å². The smallest absolute Gasteiger partial charge is 0.263 e. The van der Waals surface area contributed by atoms with E-state index >= 15 is 0 Å². The average molecular weight is 161 g/mol. The molecule has 60 valence electrons. The molecular formula is C8H7N3O. The molecule has 0 saturated carbocycles. The standard InChI is InChI=1S/C8H7N3O/c9-8(12)6-3-5-1-2-10-7(5)4-11-6/h1-2,4H,3H2,(H2,9,12). The highest BCUT2D eigenvalue weighted by Gasteiger charge is 2.18. The van der Waals surface area contributed by atoms with Gasteiger partial charge in [-0.15, -0.1) is 0 Å². The van der Waals surface area contributed by atoms with E-state index in [1.54, 1.807) is 12.4 Å². The molecule has 0 atom stereocenters. The molecule has 0 bridgehead atoms. The van der Waals surface area contributed by atoms with E-state index in [1.807, 2.05) is 6.08 Å². The van der Waals surface area contributed by atoms with Crippen molar-refractivity contribution >= 4 is 17.8 Å². The summed E-state index contributed by atoms with van der Waals surface area (Å²) >= 11 is 0. The summed E-state index contributed by atoms with van der Waals surface area (Å²) in [5, 5.41) is 0. The number of carbonyl (C=O) groups excluding carboxylic acids is 1. The van der Waals surface area contributed by atoms with Gasteiger partial charge in [-0.3, -0.25) is 14.8 Å². The molecule has 2 heterocycles. The minimum Gasteiger partial charge on any atom is -0.365 e. The summed E-state index contributed by atoms with van der Waals surface area (Å²) in [7, 11) is 0. The van der Waals surface area contributed by atoms with Crippen molar-refractivity contribution in [2.24, 2.45) is 15.7 Å². The SMILES string of the molecule is NC(=O)C1=NC=C2N=CC=C2C1. The lowest BCUT2D eigenvalue weighted by Crippen LogP contribution is -2.24. The van der Waals surface area contributed by atoms with Crippen LogP contribution in [0.25, 0.3) is 0 Å². The Morgan fingerprint density at radius 2 is 2.42 bits per heavy atom. The Bertz CT molecular complexity index is 360. The van der Waals surface area contributed by atoms with E-state index in [1.165, 1.54) is 0 Å². The van der Waals surface area contributed by atoms with Gasteiger partial charge in [-0.1, -0.05) is 0 Å². The number of nitrogens with zero attached hydrogens (tertiary/aromatic N) is 2. The second-order valence-corrected chi connectivity index (χ2v) is 2.60. The lowest BCUT2D eigenvalue weighted by molar-refractivity contribution is -0.112. The first kappa shape index (κ1) is 6.97. The van der Waals surface area contributed by atoms with E-state index in [9.17, 15) is 4.79 Å². The predicted molar refractivity (Wildman–Crippen MR) is 45.9 cm³/mol. The quantitative estimate of drug-likeness (QED) is 0.585. The fourth-order valence-electron chi connectivity index (χ4n) is 1.16. The molecule has 0 aromatic carbocycles. The van der Waals surface area contributed by atoms with Crippen LogP contribution in [0, 0.1) is 0 Å². The van der Waals surface area contributed by atoms with Gasteiger partial charge in [-0.25, -0.2) is 0 Å². The number of allylic oxidation sites excluding steroid dienone is 2. The Morgan fingerprint density at radius 1 is 1.58 bits per heavy atom. The molecule has 4 nitrogen and oxygen atoms in total. The number of carbonyl (C=O) groups is 1. The molecule has 2 rings (SSSR count). The molecular weight excluding hydrogens is 154 g/mol. The molecule has 0 aliphatic carbocycles. The van der Waals surface area contributed by atoms with Gasteiger partial charge in [-0.2, -0.15) is 0 Å². The summed E-state index contributed by atoms with van der Waals surface area (Å²) in [6, 6.07) is 0. The summed E-state index contributed by atoms with van der Waals surface area (Å²) in [6.45, 7) is 0. The molecule has 0 fully saturated rings. The fourth-order valence-corrected chi connectivity index (χ4v) is 1.16. The second-order valence-electron chi connectivity index (χ2n) is 2.60. The summed E-state index contributed by atoms with van der Waals surface area (Å²) in [5.74, 6) is -0.460. The highest BCUT2D eigenvalue weighted by Crippen LogP contribution is 2.23. The van der Waals surface area contributed by atoms with Crippen molar-refractivity contribution in [3.05, 3.63) is 23.5 Å². The van der Waals surface area contributed by atoms with E-state index in [2.05, 4.69) is 9.98 Å². The van der Waals surface area contributed by atoms with Gasteiger partial charge in [-0.05, 0) is 11.6 Å². The van der Waals surface area contributed by atoms with Crippen LogP contribution in [-0.4, -0.2) is 17.8 Å². The summed E-state index contributed by atoms with van der Waals surface area (Å²) in [5.41, 5.74) is 7.33. The van der Waals surface area contributed by atoms with Crippen molar-refractivity contribution in [2.45, 2.75) is 6.42 Å². The number of aliphatic imine (C=N–C) groups is 2. The molecule has 0 saturated heterocycles. The molecule has 2 aliphatic heterocycles. The third kappa shape index (κ3) is 0.972. The second kappa shape index (κ2) is 2.41. The van der Waals surface area contributed by atoms with Gasteiger partial charge in [0.2, 0.25) is 0 Å². The lowest BCUT2D eigenvalue weighted by Gasteiger charge is -2.08. The van der Waals surface area contributed by atoms with Gasteiger partial charge in [0.1, 0.15) is 5.71 Å². The number of rotatable bonds is 1. The predicted octanol–water partition coefficient (Wildman–Crippen LogP) is 0.169. The zero-order valence-electron chi connectivity index (χ0n) is 6.32. The largest absolute Gasteiger partial charge is 0.365 e. The van der Waals surface area contributed by atoms with E-state index in [0.29, 0.717) is 12.1 Å². The fraction of sp³-hybridized carbons (Fsp3) is 0.125. The Morgan fingerprint density at radius 3 is 3.17 bits per heavy atom. The van der Waals surface area contributed by atoms with Crippen LogP contribution < -0.4 is 5.73 Å². The zero-order valence-corrected chi connectivity index (χ0v) is 6.32. The maximum atomic E-state index is 10.7. The third-order valence-electron chi connectivity index (χ3n) is 1.80. The number of hydrogen-bond donors (Lipinski definition) is 1. The van der Waals surface area contributed by atoms with Crippen LogP contribution in [0.3, 0.4) is 0 Å². The number of hydrogen-bond acceptors (Lipinski definition) is 3. The first-order chi connectivity index (χ1) is 5.77. The van der Waals surface area contributed by atoms with Crippen molar-refractivity contribution in [3.8, 4) is 0 Å². The third-order valence-corrected chi connectivity index (χ3v) is 1.80. The van der Waals surface area contributed by atoms with Crippen molar-refractivity contribution in [3.63, 3.8) is 0 Å². The Labute approximate surface area is 69.2 Å². The van der Waals surface area contributed by atoms with Gasteiger partial charge >= 0.3 is 0 Å². The molecule has 0 spiro atoms. The first-order valence-electron chi connectivity index (χ1n) is 3.57. The average Bonchev–Trinajstić information content (AvgIpc) is 2.49. The number of nitrogens with two attached hydrogens (primary N) is 1. The number of fused-ring (bicyclic) bond motifs is 1. The Balaban J connectivity index is 2.33. The number of primary amides is 1. The van der Waals surface area contributed by atoms with Gasteiger partial charge in [0.25, 0.3) is 5.91 Å². The molecule has 0 unspecified atom stereocenters. The summed E-state index contributed by atoms with van der Waals surface area (Å²) < 4.78 is 0. The van der Waals surface area contributed by atoms with E-state index in [4.69, 9.17) is 5.73 Å². The molecule has 2 aliphatic rings. The highest BCUT2D eigenvalue weighted by atomic mass is 16.1.